The van der Waals surface area contributed by atoms with Crippen LogP contribution in [0.3, 0.4) is 0 Å². The Bertz CT molecular complexity index is 594. The van der Waals surface area contributed by atoms with Crippen LogP contribution in [0.2, 0.25) is 0 Å². The van der Waals surface area contributed by atoms with E-state index < -0.39 is 45.5 Å². The van der Waals surface area contributed by atoms with E-state index in [0.29, 0.717) is 0 Å². The molecule has 20 heavy (non-hydrogen) atoms. The molecule has 1 fully saturated rings. The van der Waals surface area contributed by atoms with Gasteiger partial charge in [-0.3, -0.25) is 0 Å². The molecule has 0 radical (unpaired) electrons. The van der Waals surface area contributed by atoms with Crippen molar-refractivity contribution in [2.24, 2.45) is 0 Å². The van der Waals surface area contributed by atoms with Gasteiger partial charge in [0.1, 0.15) is 10.7 Å². The van der Waals surface area contributed by atoms with Crippen LogP contribution in [0.15, 0.2) is 29.2 Å². The van der Waals surface area contributed by atoms with Crippen LogP contribution in [0.25, 0.3) is 0 Å². The van der Waals surface area contributed by atoms with E-state index in [4.69, 9.17) is 0 Å². The van der Waals surface area contributed by atoms with Gasteiger partial charge in [-0.1, -0.05) is 12.1 Å². The zero-order valence-electron chi connectivity index (χ0n) is 10.1. The molecule has 112 valence electrons. The van der Waals surface area contributed by atoms with Crippen LogP contribution >= 0.6 is 0 Å². The lowest BCUT2D eigenvalue weighted by molar-refractivity contribution is -0.189. The van der Waals surface area contributed by atoms with Gasteiger partial charge in [-0.15, -0.1) is 0 Å². The van der Waals surface area contributed by atoms with Gasteiger partial charge in [0.05, 0.1) is 6.61 Å². The van der Waals surface area contributed by atoms with Crippen molar-refractivity contribution in [3.8, 4) is 0 Å². The Kier molecular flexibility index (Phi) is 3.78. The molecule has 0 bridgehead atoms. The summed E-state index contributed by atoms with van der Waals surface area (Å²) in [5.74, 6) is -1.11. The van der Waals surface area contributed by atoms with Crippen LogP contribution in [0.1, 0.15) is 6.42 Å². The van der Waals surface area contributed by atoms with Gasteiger partial charge in [0.15, 0.2) is 5.54 Å². The number of benzene rings is 1. The Balaban J connectivity index is 2.39. The summed E-state index contributed by atoms with van der Waals surface area (Å²) in [7, 11) is -4.64. The number of halogens is 4. The van der Waals surface area contributed by atoms with Gasteiger partial charge in [0.25, 0.3) is 0 Å². The van der Waals surface area contributed by atoms with Crippen LogP contribution in [-0.4, -0.2) is 33.3 Å². The molecule has 1 aliphatic rings. The Hall–Kier alpha value is -1.19. The van der Waals surface area contributed by atoms with Crippen molar-refractivity contribution in [1.29, 1.82) is 0 Å². The molecule has 0 spiro atoms. The van der Waals surface area contributed by atoms with Crippen LogP contribution in [0, 0.1) is 5.82 Å². The largest absolute Gasteiger partial charge is 0.409 e. The summed E-state index contributed by atoms with van der Waals surface area (Å²) in [6.07, 6.45) is -5.38. The average Bonchev–Trinajstić information content (AvgIpc) is 2.77. The number of ether oxygens (including phenoxy) is 1. The molecule has 0 aromatic heterocycles. The average molecular weight is 313 g/mol. The first-order valence-electron chi connectivity index (χ1n) is 5.61. The third-order valence-electron chi connectivity index (χ3n) is 3.02. The lowest BCUT2D eigenvalue weighted by atomic mass is 10.0. The number of sulfonamides is 1. The van der Waals surface area contributed by atoms with Gasteiger partial charge in [0.2, 0.25) is 10.0 Å². The van der Waals surface area contributed by atoms with Gasteiger partial charge < -0.3 is 4.74 Å². The van der Waals surface area contributed by atoms with Crippen molar-refractivity contribution in [3.05, 3.63) is 30.1 Å². The summed E-state index contributed by atoms with van der Waals surface area (Å²) in [4.78, 5) is -0.824. The second-order valence-electron chi connectivity index (χ2n) is 4.42. The zero-order chi connectivity index (χ0) is 15.0. The molecule has 0 saturated carbocycles. The third-order valence-corrected chi connectivity index (χ3v) is 4.59. The Labute approximate surface area is 112 Å². The number of nitrogens with one attached hydrogen (secondary N) is 1. The molecule has 1 aromatic rings. The van der Waals surface area contributed by atoms with E-state index >= 15 is 0 Å². The van der Waals surface area contributed by atoms with Crippen LogP contribution in [-0.2, 0) is 14.8 Å². The van der Waals surface area contributed by atoms with Gasteiger partial charge in [0, 0.05) is 13.0 Å². The standard InChI is InChI=1S/C11H11F4NO3S/c12-8-3-1-2-4-9(8)20(17,18)16-10(11(13,14)15)5-6-19-7-10/h1-4,16H,5-7H2/t10-/m0/s1. The van der Waals surface area contributed by atoms with E-state index in [1.807, 2.05) is 0 Å². The van der Waals surface area contributed by atoms with E-state index in [9.17, 15) is 26.0 Å². The molecule has 0 amide bonds. The highest BCUT2D eigenvalue weighted by molar-refractivity contribution is 7.89. The van der Waals surface area contributed by atoms with Gasteiger partial charge in [-0.2, -0.15) is 17.9 Å². The van der Waals surface area contributed by atoms with Crippen molar-refractivity contribution < 1.29 is 30.7 Å². The van der Waals surface area contributed by atoms with Gasteiger partial charge in [-0.05, 0) is 12.1 Å². The summed E-state index contributed by atoms with van der Waals surface area (Å²) in [5.41, 5.74) is -2.71. The highest BCUT2D eigenvalue weighted by atomic mass is 32.2. The SMILES string of the molecule is O=S(=O)(N[C@@]1(C(F)(F)F)CCOC1)c1ccccc1F. The second kappa shape index (κ2) is 4.97. The fraction of sp³-hybridized carbons (Fsp3) is 0.455. The molecule has 0 unspecified atom stereocenters. The summed E-state index contributed by atoms with van der Waals surface area (Å²) < 4.78 is 82.7. The molecule has 0 aliphatic carbocycles. The molecular weight excluding hydrogens is 302 g/mol. The van der Waals surface area contributed by atoms with Crippen LogP contribution < -0.4 is 4.72 Å². The molecule has 4 nitrogen and oxygen atoms in total. The van der Waals surface area contributed by atoms with Crippen molar-refractivity contribution in [3.63, 3.8) is 0 Å². The first kappa shape index (κ1) is 15.2. The minimum atomic E-state index is -4.83. The van der Waals surface area contributed by atoms with Crippen molar-refractivity contribution >= 4 is 10.0 Å². The topological polar surface area (TPSA) is 55.4 Å². The molecular formula is C11H11F4NO3S. The lowest BCUT2D eigenvalue weighted by Crippen LogP contribution is -2.59. The summed E-state index contributed by atoms with van der Waals surface area (Å²) in [6, 6.07) is 4.23. The van der Waals surface area contributed by atoms with E-state index in [1.54, 1.807) is 4.72 Å². The minimum absolute atomic E-state index is 0.223. The second-order valence-corrected chi connectivity index (χ2v) is 6.07. The normalized spacial score (nSPS) is 24.0. The van der Waals surface area contributed by atoms with Crippen molar-refractivity contribution in [1.82, 2.24) is 4.72 Å². The Morgan fingerprint density at radius 3 is 2.40 bits per heavy atom. The zero-order valence-corrected chi connectivity index (χ0v) is 10.9. The fourth-order valence-electron chi connectivity index (χ4n) is 1.90. The van der Waals surface area contributed by atoms with E-state index in [2.05, 4.69) is 4.74 Å². The third kappa shape index (κ3) is 2.65. The summed E-state index contributed by atoms with van der Waals surface area (Å²) in [6.45, 7) is -1.05. The minimum Gasteiger partial charge on any atom is -0.379 e. The molecule has 1 heterocycles. The molecule has 1 aliphatic heterocycles. The molecule has 1 N–H and O–H groups in total. The van der Waals surface area contributed by atoms with Crippen LogP contribution in [0.5, 0.6) is 0 Å². The fourth-order valence-corrected chi connectivity index (χ4v) is 3.39. The van der Waals surface area contributed by atoms with E-state index in [0.717, 1.165) is 12.1 Å². The van der Waals surface area contributed by atoms with Crippen molar-refractivity contribution in [2.75, 3.05) is 13.2 Å². The first-order valence-corrected chi connectivity index (χ1v) is 7.09. The maximum Gasteiger partial charge on any atom is 0.409 e. The number of hydrogen-bond acceptors (Lipinski definition) is 3. The number of hydrogen-bond donors (Lipinski definition) is 1. The predicted molar refractivity (Wildman–Crippen MR) is 60.9 cm³/mol. The van der Waals surface area contributed by atoms with E-state index in [1.165, 1.54) is 12.1 Å². The first-order chi connectivity index (χ1) is 9.18. The van der Waals surface area contributed by atoms with Crippen LogP contribution in [0.4, 0.5) is 17.6 Å². The highest BCUT2D eigenvalue weighted by Crippen LogP contribution is 2.38. The molecule has 9 heteroatoms. The Morgan fingerprint density at radius 2 is 1.90 bits per heavy atom. The van der Waals surface area contributed by atoms with Gasteiger partial charge in [-0.25, -0.2) is 12.8 Å². The number of alkyl halides is 3. The predicted octanol–water partition coefficient (Wildman–Crippen LogP) is 1.83. The maximum absolute atomic E-state index is 13.4. The van der Waals surface area contributed by atoms with E-state index in [-0.39, 0.29) is 6.61 Å². The van der Waals surface area contributed by atoms with Crippen molar-refractivity contribution in [2.45, 2.75) is 23.0 Å². The monoisotopic (exact) mass is 313 g/mol. The highest BCUT2D eigenvalue weighted by Gasteiger charge is 2.59. The summed E-state index contributed by atoms with van der Waals surface area (Å²) >= 11 is 0. The lowest BCUT2D eigenvalue weighted by Gasteiger charge is -2.30. The number of rotatable bonds is 3. The quantitative estimate of drug-likeness (QED) is 0.866. The maximum atomic E-state index is 13.4. The molecule has 1 saturated heterocycles. The molecule has 2 rings (SSSR count). The van der Waals surface area contributed by atoms with Gasteiger partial charge >= 0.3 is 6.18 Å². The molecule has 1 aromatic carbocycles. The molecule has 1 atom stereocenters. The Morgan fingerprint density at radius 1 is 1.25 bits per heavy atom. The summed E-state index contributed by atoms with van der Waals surface area (Å²) in [5, 5.41) is 0. The smallest absolute Gasteiger partial charge is 0.379 e.